The molecule has 6 rings (SSSR count). The molecular formula is C34H37N7O2. The van der Waals surface area contributed by atoms with Gasteiger partial charge in [-0.05, 0) is 36.6 Å². The molecule has 1 aliphatic rings. The molecule has 9 heteroatoms. The molecule has 0 saturated carbocycles. The number of anilines is 2. The van der Waals surface area contributed by atoms with Gasteiger partial charge in [0.1, 0.15) is 11.6 Å². The van der Waals surface area contributed by atoms with E-state index >= 15 is 0 Å². The summed E-state index contributed by atoms with van der Waals surface area (Å²) in [5.41, 5.74) is 5.28. The number of rotatable bonds is 6. The van der Waals surface area contributed by atoms with E-state index in [1.54, 1.807) is 4.68 Å². The molecule has 2 amide bonds. The van der Waals surface area contributed by atoms with Gasteiger partial charge < -0.3 is 10.1 Å². The Morgan fingerprint density at radius 1 is 0.930 bits per heavy atom. The highest BCUT2D eigenvalue weighted by molar-refractivity contribution is 6.09. The molecule has 43 heavy (non-hydrogen) atoms. The summed E-state index contributed by atoms with van der Waals surface area (Å²) in [6.07, 6.45) is 1.82. The van der Waals surface area contributed by atoms with E-state index < -0.39 is 0 Å². The molecule has 2 N–H and O–H groups in total. The van der Waals surface area contributed by atoms with Crippen molar-refractivity contribution in [2.24, 2.45) is 0 Å². The quantitative estimate of drug-likeness (QED) is 0.238. The topological polar surface area (TPSA) is 97.2 Å². The Labute approximate surface area is 251 Å². The zero-order valence-corrected chi connectivity index (χ0v) is 25.1. The highest BCUT2D eigenvalue weighted by atomic mass is 16.5. The Morgan fingerprint density at radius 3 is 2.42 bits per heavy atom. The first-order valence-corrected chi connectivity index (χ1v) is 14.6. The molecule has 3 heterocycles. The van der Waals surface area contributed by atoms with Crippen LogP contribution in [-0.2, 0) is 16.7 Å². The minimum atomic E-state index is -0.346. The predicted molar refractivity (Wildman–Crippen MR) is 171 cm³/mol. The number of morpholine rings is 1. The molecule has 220 valence electrons. The zero-order valence-electron chi connectivity index (χ0n) is 25.1. The summed E-state index contributed by atoms with van der Waals surface area (Å²) in [7, 11) is 0. The molecule has 3 aromatic carbocycles. The lowest BCUT2D eigenvalue weighted by Crippen LogP contribution is -2.36. The third kappa shape index (κ3) is 6.43. The van der Waals surface area contributed by atoms with Crippen LogP contribution in [0.25, 0.3) is 27.7 Å². The van der Waals surface area contributed by atoms with E-state index in [2.05, 4.69) is 47.4 Å². The second-order valence-corrected chi connectivity index (χ2v) is 11.9. The first kappa shape index (κ1) is 28.5. The fraction of sp³-hybridized carbons (Fsp3) is 0.294. The molecule has 5 aromatic rings. The van der Waals surface area contributed by atoms with Gasteiger partial charge >= 0.3 is 6.03 Å². The Hall–Kier alpha value is -4.60. The van der Waals surface area contributed by atoms with Crippen molar-refractivity contribution in [2.75, 3.05) is 36.9 Å². The van der Waals surface area contributed by atoms with Crippen LogP contribution in [0.4, 0.5) is 16.3 Å². The van der Waals surface area contributed by atoms with Gasteiger partial charge in [-0.3, -0.25) is 10.2 Å². The number of carbonyl (C=O) groups excluding carboxylic acids is 1. The molecule has 2 aromatic heterocycles. The van der Waals surface area contributed by atoms with Gasteiger partial charge in [0, 0.05) is 41.7 Å². The average molecular weight is 576 g/mol. The molecule has 1 aliphatic heterocycles. The van der Waals surface area contributed by atoms with Crippen LogP contribution in [0.2, 0.25) is 0 Å². The van der Waals surface area contributed by atoms with Crippen molar-refractivity contribution in [3.05, 3.63) is 96.1 Å². The number of fused-ring (bicyclic) bond motifs is 1. The normalized spacial score (nSPS) is 14.1. The lowest BCUT2D eigenvalue weighted by Gasteiger charge is -2.25. The van der Waals surface area contributed by atoms with E-state index in [0.29, 0.717) is 18.1 Å². The molecular weight excluding hydrogens is 538 g/mol. The van der Waals surface area contributed by atoms with E-state index in [9.17, 15) is 4.79 Å². The minimum absolute atomic E-state index is 0.183. The van der Waals surface area contributed by atoms with Crippen LogP contribution in [0.3, 0.4) is 0 Å². The van der Waals surface area contributed by atoms with Crippen LogP contribution in [0.5, 0.6) is 0 Å². The van der Waals surface area contributed by atoms with Gasteiger partial charge in [0.15, 0.2) is 0 Å². The second kappa shape index (κ2) is 11.9. The lowest BCUT2D eigenvalue weighted by atomic mass is 9.92. The van der Waals surface area contributed by atoms with Crippen molar-refractivity contribution in [1.82, 2.24) is 24.6 Å². The van der Waals surface area contributed by atoms with Crippen molar-refractivity contribution in [3.63, 3.8) is 0 Å². The number of carbonyl (C=O) groups is 1. The van der Waals surface area contributed by atoms with Gasteiger partial charge in [-0.1, -0.05) is 68.8 Å². The number of aromatic nitrogens is 4. The molecule has 0 radical (unpaired) electrons. The summed E-state index contributed by atoms with van der Waals surface area (Å²) in [5, 5.41) is 12.9. The largest absolute Gasteiger partial charge is 0.379 e. The summed E-state index contributed by atoms with van der Waals surface area (Å²) in [6, 6.07) is 23.6. The molecule has 0 aliphatic carbocycles. The van der Waals surface area contributed by atoms with Crippen LogP contribution in [0, 0.1) is 6.92 Å². The van der Waals surface area contributed by atoms with E-state index in [4.69, 9.17) is 14.8 Å². The summed E-state index contributed by atoms with van der Waals surface area (Å²) in [5.74, 6) is 1.38. The van der Waals surface area contributed by atoms with Crippen molar-refractivity contribution in [1.29, 1.82) is 0 Å². The SMILES string of the molecule is Cc1ccc(-n2nc(C(C)(C)C)cc2NC(=O)Nc2ccc(-c3ccnc(CN4CCOCC4)n3)c3ccccc23)cc1. The summed E-state index contributed by atoms with van der Waals surface area (Å²) in [6.45, 7) is 12.3. The maximum absolute atomic E-state index is 13.4. The molecule has 0 bridgehead atoms. The number of nitrogens with zero attached hydrogens (tertiary/aromatic N) is 5. The highest BCUT2D eigenvalue weighted by Gasteiger charge is 2.22. The van der Waals surface area contributed by atoms with Crippen LogP contribution in [0.15, 0.2) is 79.0 Å². The Balaban J connectivity index is 1.27. The second-order valence-electron chi connectivity index (χ2n) is 11.9. The summed E-state index contributed by atoms with van der Waals surface area (Å²) < 4.78 is 7.26. The summed E-state index contributed by atoms with van der Waals surface area (Å²) in [4.78, 5) is 25.1. The Morgan fingerprint density at radius 2 is 1.67 bits per heavy atom. The van der Waals surface area contributed by atoms with Crippen molar-refractivity contribution in [3.8, 4) is 16.9 Å². The van der Waals surface area contributed by atoms with Gasteiger partial charge in [-0.2, -0.15) is 5.10 Å². The van der Waals surface area contributed by atoms with Gasteiger partial charge in [0.2, 0.25) is 0 Å². The van der Waals surface area contributed by atoms with Crippen LogP contribution in [0.1, 0.15) is 37.9 Å². The minimum Gasteiger partial charge on any atom is -0.379 e. The van der Waals surface area contributed by atoms with Gasteiger partial charge in [-0.15, -0.1) is 0 Å². The Kier molecular flexibility index (Phi) is 7.92. The fourth-order valence-corrected chi connectivity index (χ4v) is 5.21. The number of amides is 2. The molecule has 0 atom stereocenters. The first-order chi connectivity index (χ1) is 20.7. The molecule has 1 saturated heterocycles. The number of aryl methyl sites for hydroxylation is 1. The maximum Gasteiger partial charge on any atom is 0.324 e. The van der Waals surface area contributed by atoms with Crippen molar-refractivity contribution >= 4 is 28.3 Å². The van der Waals surface area contributed by atoms with Crippen molar-refractivity contribution < 1.29 is 9.53 Å². The third-order valence-electron chi connectivity index (χ3n) is 7.62. The average Bonchev–Trinajstić information content (AvgIpc) is 3.43. The summed E-state index contributed by atoms with van der Waals surface area (Å²) >= 11 is 0. The zero-order chi connectivity index (χ0) is 30.0. The molecule has 9 nitrogen and oxygen atoms in total. The number of ether oxygens (including phenoxy) is 1. The smallest absolute Gasteiger partial charge is 0.324 e. The van der Waals surface area contributed by atoms with E-state index in [1.807, 2.05) is 79.9 Å². The van der Waals surface area contributed by atoms with E-state index in [-0.39, 0.29) is 11.4 Å². The number of nitrogens with one attached hydrogen (secondary N) is 2. The van der Waals surface area contributed by atoms with Crippen LogP contribution in [-0.4, -0.2) is 57.0 Å². The fourth-order valence-electron chi connectivity index (χ4n) is 5.21. The van der Waals surface area contributed by atoms with Gasteiger partial charge in [-0.25, -0.2) is 19.4 Å². The monoisotopic (exact) mass is 575 g/mol. The van der Waals surface area contributed by atoms with Crippen molar-refractivity contribution in [2.45, 2.75) is 39.7 Å². The first-order valence-electron chi connectivity index (χ1n) is 14.6. The van der Waals surface area contributed by atoms with Crippen LogP contribution < -0.4 is 10.6 Å². The lowest BCUT2D eigenvalue weighted by molar-refractivity contribution is 0.0331. The number of benzene rings is 3. The number of hydrogen-bond acceptors (Lipinski definition) is 6. The molecule has 0 unspecified atom stereocenters. The highest BCUT2D eigenvalue weighted by Crippen LogP contribution is 2.33. The van der Waals surface area contributed by atoms with Crippen LogP contribution >= 0.6 is 0 Å². The molecule has 1 fully saturated rings. The predicted octanol–water partition coefficient (Wildman–Crippen LogP) is 6.56. The molecule has 0 spiro atoms. The number of hydrogen-bond donors (Lipinski definition) is 2. The standard InChI is InChI=1S/C34H37N7O2/c1-23-9-11-24(12-10-23)41-32(21-30(39-41)34(2,3)4)38-33(42)37-28-14-13-27(25-7-5-6-8-26(25)28)29-15-16-35-31(36-29)22-40-17-19-43-20-18-40/h5-16,21H,17-20,22H2,1-4H3,(H2,37,38,42). The maximum atomic E-state index is 13.4. The van der Waals surface area contributed by atoms with E-state index in [0.717, 1.165) is 71.1 Å². The van der Waals surface area contributed by atoms with Gasteiger partial charge in [0.25, 0.3) is 0 Å². The van der Waals surface area contributed by atoms with Gasteiger partial charge in [0.05, 0.1) is 42.5 Å². The number of urea groups is 1. The van der Waals surface area contributed by atoms with E-state index in [1.165, 1.54) is 0 Å². The third-order valence-corrected chi connectivity index (χ3v) is 7.62. The Bertz CT molecular complexity index is 1750.